The van der Waals surface area contributed by atoms with Crippen molar-refractivity contribution in [1.29, 1.82) is 0 Å². The van der Waals surface area contributed by atoms with Crippen LogP contribution >= 0.6 is 11.6 Å². The Labute approximate surface area is 145 Å². The third kappa shape index (κ3) is 4.68. The Bertz CT molecular complexity index is 482. The predicted octanol–water partition coefficient (Wildman–Crippen LogP) is 1.92. The molecule has 0 amide bonds. The lowest BCUT2D eigenvalue weighted by molar-refractivity contribution is 0.0856. The summed E-state index contributed by atoms with van der Waals surface area (Å²) in [6, 6.07) is 8.89. The third-order valence-electron chi connectivity index (χ3n) is 5.17. The molecule has 1 aromatic carbocycles. The maximum absolute atomic E-state index is 6.26. The molecule has 0 radical (unpaired) electrons. The maximum Gasteiger partial charge on any atom is 0.0476 e. The van der Waals surface area contributed by atoms with Crippen molar-refractivity contribution in [3.63, 3.8) is 0 Å². The van der Waals surface area contributed by atoms with Crippen LogP contribution in [0.2, 0.25) is 5.02 Å². The van der Waals surface area contributed by atoms with Crippen molar-refractivity contribution < 1.29 is 0 Å². The van der Waals surface area contributed by atoms with Crippen LogP contribution in [0, 0.1) is 0 Å². The average Bonchev–Trinajstić information content (AvgIpc) is 2.61. The smallest absolute Gasteiger partial charge is 0.0476 e. The van der Waals surface area contributed by atoms with Crippen LogP contribution in [0.25, 0.3) is 0 Å². The summed E-state index contributed by atoms with van der Waals surface area (Å²) in [7, 11) is 0. The van der Waals surface area contributed by atoms with E-state index in [-0.39, 0.29) is 0 Å². The fourth-order valence-corrected chi connectivity index (χ4v) is 3.87. The number of hydrogen-bond acceptors (Lipinski definition) is 4. The highest BCUT2D eigenvalue weighted by atomic mass is 35.5. The number of piperazine rings is 2. The largest absolute Gasteiger partial charge is 0.314 e. The zero-order chi connectivity index (χ0) is 16.1. The van der Waals surface area contributed by atoms with Gasteiger partial charge in [0.15, 0.2) is 0 Å². The number of benzene rings is 1. The van der Waals surface area contributed by atoms with Gasteiger partial charge in [0.2, 0.25) is 0 Å². The molecule has 0 spiro atoms. The molecular formula is C18H29ClN4. The van der Waals surface area contributed by atoms with E-state index in [4.69, 9.17) is 11.6 Å². The maximum atomic E-state index is 6.26. The zero-order valence-electron chi connectivity index (χ0n) is 14.2. The van der Waals surface area contributed by atoms with E-state index in [2.05, 4.69) is 45.1 Å². The summed E-state index contributed by atoms with van der Waals surface area (Å²) in [5.74, 6) is 0. The van der Waals surface area contributed by atoms with E-state index in [1.807, 2.05) is 6.07 Å². The Morgan fingerprint density at radius 2 is 1.74 bits per heavy atom. The Morgan fingerprint density at radius 1 is 1.04 bits per heavy atom. The molecular weight excluding hydrogens is 308 g/mol. The van der Waals surface area contributed by atoms with Crippen LogP contribution in [-0.4, -0.2) is 80.1 Å². The first kappa shape index (κ1) is 17.2. The fourth-order valence-electron chi connectivity index (χ4n) is 3.67. The van der Waals surface area contributed by atoms with Crippen molar-refractivity contribution in [3.05, 3.63) is 34.9 Å². The van der Waals surface area contributed by atoms with Gasteiger partial charge in [-0.3, -0.25) is 9.80 Å². The van der Waals surface area contributed by atoms with Gasteiger partial charge in [0.25, 0.3) is 0 Å². The molecule has 0 aromatic heterocycles. The van der Waals surface area contributed by atoms with E-state index < -0.39 is 0 Å². The molecule has 2 heterocycles. The molecule has 0 bridgehead atoms. The highest BCUT2D eigenvalue weighted by Crippen LogP contribution is 2.25. The Hall–Kier alpha value is -0.650. The molecule has 4 nitrogen and oxygen atoms in total. The molecule has 1 N–H and O–H groups in total. The second-order valence-electron chi connectivity index (χ2n) is 6.59. The van der Waals surface area contributed by atoms with E-state index in [1.54, 1.807) is 0 Å². The summed E-state index contributed by atoms with van der Waals surface area (Å²) in [6.07, 6.45) is 0. The molecule has 2 aliphatic heterocycles. The molecule has 2 aliphatic rings. The molecule has 0 saturated carbocycles. The SMILES string of the molecule is CCN1CCN(CC(c2cccc(Cl)c2)N2CCNCC2)CC1. The van der Waals surface area contributed by atoms with E-state index >= 15 is 0 Å². The lowest BCUT2D eigenvalue weighted by atomic mass is 10.0. The van der Waals surface area contributed by atoms with Crippen LogP contribution < -0.4 is 5.32 Å². The van der Waals surface area contributed by atoms with Crippen LogP contribution in [0.4, 0.5) is 0 Å². The Morgan fingerprint density at radius 3 is 2.39 bits per heavy atom. The standard InChI is InChI=1S/C18H29ClN4/c1-2-21-10-12-22(13-11-21)15-18(23-8-6-20-7-9-23)16-4-3-5-17(19)14-16/h3-5,14,18,20H,2,6-13,15H2,1H3. The highest BCUT2D eigenvalue weighted by molar-refractivity contribution is 6.30. The van der Waals surface area contributed by atoms with Gasteiger partial charge >= 0.3 is 0 Å². The van der Waals surface area contributed by atoms with Crippen LogP contribution in [0.1, 0.15) is 18.5 Å². The van der Waals surface area contributed by atoms with Gasteiger partial charge in [0.05, 0.1) is 0 Å². The summed E-state index contributed by atoms with van der Waals surface area (Å²) in [6.45, 7) is 13.7. The molecule has 2 fully saturated rings. The Kier molecular flexibility index (Phi) is 6.31. The molecule has 3 rings (SSSR count). The predicted molar refractivity (Wildman–Crippen MR) is 97.2 cm³/mol. The van der Waals surface area contributed by atoms with E-state index in [9.17, 15) is 0 Å². The summed E-state index contributed by atoms with van der Waals surface area (Å²) < 4.78 is 0. The number of rotatable bonds is 5. The topological polar surface area (TPSA) is 21.8 Å². The van der Waals surface area contributed by atoms with Gasteiger partial charge in [-0.2, -0.15) is 0 Å². The zero-order valence-corrected chi connectivity index (χ0v) is 14.9. The second-order valence-corrected chi connectivity index (χ2v) is 7.03. The molecule has 1 atom stereocenters. The minimum absolute atomic E-state index is 0.448. The lowest BCUT2D eigenvalue weighted by Crippen LogP contribution is -2.51. The van der Waals surface area contributed by atoms with Gasteiger partial charge in [-0.15, -0.1) is 0 Å². The van der Waals surface area contributed by atoms with E-state index in [0.717, 1.165) is 37.7 Å². The van der Waals surface area contributed by atoms with Crippen LogP contribution in [0.15, 0.2) is 24.3 Å². The number of nitrogens with one attached hydrogen (secondary N) is 1. The van der Waals surface area contributed by atoms with Gasteiger partial charge in [0, 0.05) is 70.0 Å². The number of halogens is 1. The number of nitrogens with zero attached hydrogens (tertiary/aromatic N) is 3. The minimum Gasteiger partial charge on any atom is -0.314 e. The van der Waals surface area contributed by atoms with Crippen LogP contribution in [-0.2, 0) is 0 Å². The summed E-state index contributed by atoms with van der Waals surface area (Å²) in [4.78, 5) is 7.78. The normalized spacial score (nSPS) is 23.0. The molecule has 23 heavy (non-hydrogen) atoms. The first-order chi connectivity index (χ1) is 11.3. The summed E-state index contributed by atoms with van der Waals surface area (Å²) >= 11 is 6.26. The van der Waals surface area contributed by atoms with Crippen molar-refractivity contribution in [1.82, 2.24) is 20.0 Å². The van der Waals surface area contributed by atoms with Crippen LogP contribution in [0.5, 0.6) is 0 Å². The monoisotopic (exact) mass is 336 g/mol. The van der Waals surface area contributed by atoms with Crippen molar-refractivity contribution >= 4 is 11.6 Å². The number of hydrogen-bond donors (Lipinski definition) is 1. The van der Waals surface area contributed by atoms with E-state index in [0.29, 0.717) is 6.04 Å². The second kappa shape index (κ2) is 8.45. The van der Waals surface area contributed by atoms with Gasteiger partial charge in [-0.1, -0.05) is 30.7 Å². The first-order valence-corrected chi connectivity index (χ1v) is 9.29. The molecule has 2 saturated heterocycles. The molecule has 0 aliphatic carbocycles. The summed E-state index contributed by atoms with van der Waals surface area (Å²) in [5.41, 5.74) is 1.36. The van der Waals surface area contributed by atoms with Crippen molar-refractivity contribution in [2.45, 2.75) is 13.0 Å². The Balaban J connectivity index is 1.70. The lowest BCUT2D eigenvalue weighted by Gasteiger charge is -2.41. The third-order valence-corrected chi connectivity index (χ3v) is 5.40. The highest BCUT2D eigenvalue weighted by Gasteiger charge is 2.26. The summed E-state index contributed by atoms with van der Waals surface area (Å²) in [5, 5.41) is 4.31. The van der Waals surface area contributed by atoms with Gasteiger partial charge in [-0.25, -0.2) is 0 Å². The molecule has 1 aromatic rings. The van der Waals surface area contributed by atoms with Gasteiger partial charge in [-0.05, 0) is 24.2 Å². The van der Waals surface area contributed by atoms with Crippen molar-refractivity contribution in [2.24, 2.45) is 0 Å². The fraction of sp³-hybridized carbons (Fsp3) is 0.667. The van der Waals surface area contributed by atoms with Crippen molar-refractivity contribution in [3.8, 4) is 0 Å². The van der Waals surface area contributed by atoms with Crippen LogP contribution in [0.3, 0.4) is 0 Å². The van der Waals surface area contributed by atoms with E-state index in [1.165, 1.54) is 38.3 Å². The molecule has 128 valence electrons. The average molecular weight is 337 g/mol. The molecule has 1 unspecified atom stereocenters. The first-order valence-electron chi connectivity index (χ1n) is 8.91. The number of likely N-dealkylation sites (N-methyl/N-ethyl adjacent to an activating group) is 1. The van der Waals surface area contributed by atoms with Gasteiger partial charge < -0.3 is 10.2 Å². The minimum atomic E-state index is 0.448. The quantitative estimate of drug-likeness (QED) is 0.886. The van der Waals surface area contributed by atoms with Gasteiger partial charge in [0.1, 0.15) is 0 Å². The molecule has 5 heteroatoms. The van der Waals surface area contributed by atoms with Crippen molar-refractivity contribution in [2.75, 3.05) is 65.4 Å².